The smallest absolute Gasteiger partial charge is 0.272 e. The molecule has 4 heterocycles. The van der Waals surface area contributed by atoms with Crippen LogP contribution < -0.4 is 5.32 Å². The number of nitrogens with zero attached hydrogens (tertiary/aromatic N) is 4. The van der Waals surface area contributed by atoms with Crippen molar-refractivity contribution in [1.29, 1.82) is 0 Å². The largest absolute Gasteiger partial charge is 0.381 e. The molecule has 0 aromatic carbocycles. The summed E-state index contributed by atoms with van der Waals surface area (Å²) in [4.78, 5) is 26.9. The standard InChI is InChI=1S/C18H24N6O3/c25-17(19-10-13-3-7-27-8-4-13)9-15-12-23(11-14-1-6-21-24(14)15)18(26)16-2-5-20-22-16/h1-2,5-6,13,15H,3-4,7-12H2,(H,19,25)(H,20,22)/t15-/m0/s1. The third-order valence-corrected chi connectivity index (χ3v) is 5.25. The molecule has 0 aliphatic carbocycles. The van der Waals surface area contributed by atoms with Gasteiger partial charge in [-0.25, -0.2) is 0 Å². The zero-order valence-electron chi connectivity index (χ0n) is 15.1. The fourth-order valence-corrected chi connectivity index (χ4v) is 3.73. The average molecular weight is 372 g/mol. The van der Waals surface area contributed by atoms with Crippen molar-refractivity contribution >= 4 is 11.8 Å². The zero-order valence-corrected chi connectivity index (χ0v) is 15.1. The van der Waals surface area contributed by atoms with Crippen molar-refractivity contribution in [2.75, 3.05) is 26.3 Å². The quantitative estimate of drug-likeness (QED) is 0.805. The van der Waals surface area contributed by atoms with Gasteiger partial charge >= 0.3 is 0 Å². The van der Waals surface area contributed by atoms with Crippen molar-refractivity contribution in [2.24, 2.45) is 5.92 Å². The topological polar surface area (TPSA) is 105 Å². The van der Waals surface area contributed by atoms with Crippen molar-refractivity contribution < 1.29 is 14.3 Å². The van der Waals surface area contributed by atoms with Crippen LogP contribution >= 0.6 is 0 Å². The molecule has 9 nitrogen and oxygen atoms in total. The van der Waals surface area contributed by atoms with Gasteiger partial charge in [-0.15, -0.1) is 0 Å². The minimum Gasteiger partial charge on any atom is -0.381 e. The van der Waals surface area contributed by atoms with E-state index in [1.807, 2.05) is 10.7 Å². The molecule has 2 aromatic rings. The number of hydrogen-bond donors (Lipinski definition) is 2. The lowest BCUT2D eigenvalue weighted by molar-refractivity contribution is -0.122. The summed E-state index contributed by atoms with van der Waals surface area (Å²) in [6.45, 7) is 3.13. The summed E-state index contributed by atoms with van der Waals surface area (Å²) < 4.78 is 7.22. The predicted molar refractivity (Wildman–Crippen MR) is 95.8 cm³/mol. The molecule has 0 radical (unpaired) electrons. The number of aromatic amines is 1. The highest BCUT2D eigenvalue weighted by molar-refractivity contribution is 5.92. The van der Waals surface area contributed by atoms with E-state index in [-0.39, 0.29) is 17.9 Å². The summed E-state index contributed by atoms with van der Waals surface area (Å²) >= 11 is 0. The van der Waals surface area contributed by atoms with E-state index in [1.165, 1.54) is 0 Å². The fourth-order valence-electron chi connectivity index (χ4n) is 3.73. The van der Waals surface area contributed by atoms with Crippen LogP contribution in [0.1, 0.15) is 41.5 Å². The maximum absolute atomic E-state index is 12.7. The lowest BCUT2D eigenvalue weighted by Gasteiger charge is -2.33. The highest BCUT2D eigenvalue weighted by atomic mass is 16.5. The second kappa shape index (κ2) is 7.91. The second-order valence-corrected chi connectivity index (χ2v) is 7.14. The molecule has 2 aliphatic heterocycles. The number of rotatable bonds is 5. The van der Waals surface area contributed by atoms with Crippen LogP contribution in [0.3, 0.4) is 0 Å². The van der Waals surface area contributed by atoms with Crippen molar-refractivity contribution in [3.63, 3.8) is 0 Å². The summed E-state index contributed by atoms with van der Waals surface area (Å²) in [6.07, 6.45) is 5.54. The van der Waals surface area contributed by atoms with Crippen LogP contribution in [0.5, 0.6) is 0 Å². The van der Waals surface area contributed by atoms with Crippen molar-refractivity contribution in [2.45, 2.75) is 31.8 Å². The van der Waals surface area contributed by atoms with Crippen LogP contribution in [-0.2, 0) is 16.1 Å². The number of H-pyrrole nitrogens is 1. The molecule has 2 N–H and O–H groups in total. The van der Waals surface area contributed by atoms with Crippen LogP contribution in [0.2, 0.25) is 0 Å². The molecule has 0 unspecified atom stereocenters. The molecule has 0 saturated carbocycles. The molecule has 4 rings (SSSR count). The average Bonchev–Trinajstić information content (AvgIpc) is 3.38. The molecule has 2 amide bonds. The first-order chi connectivity index (χ1) is 13.2. The molecule has 1 atom stereocenters. The number of ether oxygens (including phenoxy) is 1. The maximum Gasteiger partial charge on any atom is 0.272 e. The molecule has 0 bridgehead atoms. The number of hydrogen-bond acceptors (Lipinski definition) is 5. The Hall–Kier alpha value is -2.68. The third kappa shape index (κ3) is 4.02. The summed E-state index contributed by atoms with van der Waals surface area (Å²) in [7, 11) is 0. The van der Waals surface area contributed by atoms with Gasteiger partial charge in [-0.3, -0.25) is 19.4 Å². The Morgan fingerprint density at radius 1 is 1.26 bits per heavy atom. The fraction of sp³-hybridized carbons (Fsp3) is 0.556. The van der Waals surface area contributed by atoms with Crippen molar-refractivity contribution in [3.05, 3.63) is 35.9 Å². The van der Waals surface area contributed by atoms with Gasteiger partial charge in [0.1, 0.15) is 5.69 Å². The van der Waals surface area contributed by atoms with Gasteiger partial charge in [0.05, 0.1) is 24.7 Å². The summed E-state index contributed by atoms with van der Waals surface area (Å²) in [5.41, 5.74) is 1.38. The molecule has 27 heavy (non-hydrogen) atoms. The molecule has 1 fully saturated rings. The Kier molecular flexibility index (Phi) is 5.19. The number of carbonyl (C=O) groups is 2. The lowest BCUT2D eigenvalue weighted by atomic mass is 10.0. The SMILES string of the molecule is O=C(C[C@H]1CN(C(=O)c2ccn[nH]2)Cc2ccnn21)NCC1CCOCC1. The second-order valence-electron chi connectivity index (χ2n) is 7.14. The van der Waals surface area contributed by atoms with Crippen molar-refractivity contribution in [1.82, 2.24) is 30.2 Å². The number of carbonyl (C=O) groups excluding carboxylic acids is 2. The molecular weight excluding hydrogens is 348 g/mol. The number of amides is 2. The van der Waals surface area contributed by atoms with E-state index in [0.717, 1.165) is 31.7 Å². The van der Waals surface area contributed by atoms with E-state index in [2.05, 4.69) is 20.6 Å². The van der Waals surface area contributed by atoms with Gasteiger partial charge in [-0.05, 0) is 30.9 Å². The van der Waals surface area contributed by atoms with Crippen LogP contribution in [0, 0.1) is 5.92 Å². The maximum atomic E-state index is 12.7. The Balaban J connectivity index is 1.39. The number of fused-ring (bicyclic) bond motifs is 1. The predicted octanol–water partition coefficient (Wildman–Crippen LogP) is 0.736. The van der Waals surface area contributed by atoms with Gasteiger partial charge in [0.15, 0.2) is 0 Å². The normalized spacial score (nSPS) is 20.3. The summed E-state index contributed by atoms with van der Waals surface area (Å²) in [6, 6.07) is 3.37. The molecule has 0 spiro atoms. The highest BCUT2D eigenvalue weighted by Crippen LogP contribution is 2.24. The first-order valence-electron chi connectivity index (χ1n) is 9.36. The molecule has 1 saturated heterocycles. The molecular formula is C18H24N6O3. The zero-order chi connectivity index (χ0) is 18.6. The Morgan fingerprint density at radius 2 is 2.11 bits per heavy atom. The van der Waals surface area contributed by atoms with Gasteiger partial charge in [-0.2, -0.15) is 10.2 Å². The van der Waals surface area contributed by atoms with Gasteiger partial charge in [0.25, 0.3) is 5.91 Å². The minimum absolute atomic E-state index is 0.0104. The van der Waals surface area contributed by atoms with E-state index in [9.17, 15) is 9.59 Å². The van der Waals surface area contributed by atoms with Gasteiger partial charge in [0.2, 0.25) is 5.91 Å². The van der Waals surface area contributed by atoms with E-state index < -0.39 is 0 Å². The van der Waals surface area contributed by atoms with Gasteiger partial charge in [-0.1, -0.05) is 0 Å². The van der Waals surface area contributed by atoms with Gasteiger partial charge < -0.3 is 15.0 Å². The van der Waals surface area contributed by atoms with Crippen LogP contribution in [0.15, 0.2) is 24.5 Å². The van der Waals surface area contributed by atoms with Crippen LogP contribution in [-0.4, -0.2) is 63.0 Å². The van der Waals surface area contributed by atoms with E-state index in [1.54, 1.807) is 23.4 Å². The summed E-state index contributed by atoms with van der Waals surface area (Å²) in [5, 5.41) is 14.0. The number of aromatic nitrogens is 4. The molecule has 2 aliphatic rings. The highest BCUT2D eigenvalue weighted by Gasteiger charge is 2.31. The van der Waals surface area contributed by atoms with Crippen LogP contribution in [0.4, 0.5) is 0 Å². The van der Waals surface area contributed by atoms with E-state index in [0.29, 0.717) is 37.7 Å². The molecule has 2 aromatic heterocycles. The Morgan fingerprint density at radius 3 is 2.89 bits per heavy atom. The first kappa shape index (κ1) is 17.7. The Bertz CT molecular complexity index is 781. The monoisotopic (exact) mass is 372 g/mol. The summed E-state index contributed by atoms with van der Waals surface area (Å²) in [5.74, 6) is 0.351. The van der Waals surface area contributed by atoms with E-state index >= 15 is 0 Å². The van der Waals surface area contributed by atoms with Crippen molar-refractivity contribution in [3.8, 4) is 0 Å². The molecule has 9 heteroatoms. The lowest BCUT2D eigenvalue weighted by Crippen LogP contribution is -2.43. The minimum atomic E-state index is -0.176. The third-order valence-electron chi connectivity index (χ3n) is 5.25. The Labute approximate surface area is 157 Å². The molecule has 144 valence electrons. The van der Waals surface area contributed by atoms with Gasteiger partial charge in [0, 0.05) is 38.7 Å². The van der Waals surface area contributed by atoms with E-state index in [4.69, 9.17) is 4.74 Å². The first-order valence-corrected chi connectivity index (χ1v) is 9.36. The van der Waals surface area contributed by atoms with Crippen LogP contribution in [0.25, 0.3) is 0 Å². The number of nitrogens with one attached hydrogen (secondary N) is 2.